The molecule has 1 N–H and O–H groups in total. The Balaban J connectivity index is 2.04. The Morgan fingerprint density at radius 1 is 1.32 bits per heavy atom. The van der Waals surface area contributed by atoms with E-state index >= 15 is 0 Å². The third-order valence-electron chi connectivity index (χ3n) is 2.54. The maximum atomic E-state index is 12.9. The van der Waals surface area contributed by atoms with E-state index in [0.717, 1.165) is 0 Å². The molecular weight excluding hydrogens is 243 g/mol. The van der Waals surface area contributed by atoms with Crippen molar-refractivity contribution in [1.82, 2.24) is 4.98 Å². The number of carbonyl (C=O) groups is 1. The zero-order valence-corrected chi connectivity index (χ0v) is 10.4. The molecule has 19 heavy (non-hydrogen) atoms. The van der Waals surface area contributed by atoms with Crippen molar-refractivity contribution in [3.8, 4) is 0 Å². The lowest BCUT2D eigenvalue weighted by Crippen LogP contribution is -2.09. The van der Waals surface area contributed by atoms with Crippen LogP contribution in [0.4, 0.5) is 10.1 Å². The van der Waals surface area contributed by atoms with Gasteiger partial charge in [-0.2, -0.15) is 0 Å². The Morgan fingerprint density at radius 3 is 2.84 bits per heavy atom. The molecule has 0 aliphatic carbocycles. The van der Waals surface area contributed by atoms with Crippen LogP contribution in [0.3, 0.4) is 0 Å². The predicted molar refractivity (Wildman–Crippen MR) is 73.0 cm³/mol. The van der Waals surface area contributed by atoms with Crippen molar-refractivity contribution in [2.24, 2.45) is 0 Å². The fourth-order valence-corrected chi connectivity index (χ4v) is 1.58. The van der Waals surface area contributed by atoms with E-state index in [1.54, 1.807) is 31.3 Å². The van der Waals surface area contributed by atoms with Crippen molar-refractivity contribution in [3.05, 3.63) is 65.7 Å². The largest absolute Gasteiger partial charge is 0.322 e. The van der Waals surface area contributed by atoms with Crippen LogP contribution >= 0.6 is 0 Å². The monoisotopic (exact) mass is 256 g/mol. The van der Waals surface area contributed by atoms with Crippen LogP contribution in [0.25, 0.3) is 6.08 Å². The second-order valence-electron chi connectivity index (χ2n) is 4.04. The van der Waals surface area contributed by atoms with Gasteiger partial charge in [0, 0.05) is 18.0 Å². The van der Waals surface area contributed by atoms with Gasteiger partial charge in [-0.25, -0.2) is 4.39 Å². The zero-order chi connectivity index (χ0) is 13.7. The summed E-state index contributed by atoms with van der Waals surface area (Å²) in [5, 5.41) is 2.69. The molecule has 1 heterocycles. The van der Waals surface area contributed by atoms with Crippen LogP contribution in [0.5, 0.6) is 0 Å². The van der Waals surface area contributed by atoms with E-state index in [-0.39, 0.29) is 11.7 Å². The highest BCUT2D eigenvalue weighted by Gasteiger charge is 2.02. The van der Waals surface area contributed by atoms with Gasteiger partial charge in [-0.1, -0.05) is 6.07 Å². The minimum absolute atomic E-state index is 0.277. The van der Waals surface area contributed by atoms with Gasteiger partial charge in [-0.3, -0.25) is 9.78 Å². The van der Waals surface area contributed by atoms with Gasteiger partial charge in [0.2, 0.25) is 5.91 Å². The zero-order valence-electron chi connectivity index (χ0n) is 10.4. The topological polar surface area (TPSA) is 42.0 Å². The number of hydrogen-bond acceptors (Lipinski definition) is 2. The normalized spacial score (nSPS) is 10.6. The van der Waals surface area contributed by atoms with Crippen molar-refractivity contribution in [1.29, 1.82) is 0 Å². The first-order valence-electron chi connectivity index (χ1n) is 5.81. The third-order valence-corrected chi connectivity index (χ3v) is 2.54. The van der Waals surface area contributed by atoms with Crippen molar-refractivity contribution >= 4 is 17.7 Å². The second kappa shape index (κ2) is 5.91. The summed E-state index contributed by atoms with van der Waals surface area (Å²) in [5.41, 5.74) is 1.98. The number of rotatable bonds is 3. The summed E-state index contributed by atoms with van der Waals surface area (Å²) in [4.78, 5) is 15.8. The Hall–Kier alpha value is -2.49. The molecule has 0 unspecified atom stereocenters. The van der Waals surface area contributed by atoms with Crippen LogP contribution in [-0.2, 0) is 4.79 Å². The Kier molecular flexibility index (Phi) is 4.03. The summed E-state index contributed by atoms with van der Waals surface area (Å²) in [6.45, 7) is 1.74. The quantitative estimate of drug-likeness (QED) is 0.857. The molecule has 1 aromatic heterocycles. The molecule has 0 spiro atoms. The number of amides is 1. The highest BCUT2D eigenvalue weighted by molar-refractivity contribution is 6.02. The second-order valence-corrected chi connectivity index (χ2v) is 4.04. The number of nitrogens with one attached hydrogen (secondary N) is 1. The summed E-state index contributed by atoms with van der Waals surface area (Å²) in [6.07, 6.45) is 4.67. The van der Waals surface area contributed by atoms with E-state index < -0.39 is 0 Å². The fourth-order valence-electron chi connectivity index (χ4n) is 1.58. The molecule has 0 aliphatic heterocycles. The molecule has 2 aromatic rings. The molecule has 0 bridgehead atoms. The van der Waals surface area contributed by atoms with E-state index in [9.17, 15) is 9.18 Å². The summed E-state index contributed by atoms with van der Waals surface area (Å²) in [7, 11) is 0. The summed E-state index contributed by atoms with van der Waals surface area (Å²) >= 11 is 0. The molecule has 0 radical (unpaired) electrons. The Bertz CT molecular complexity index is 609. The number of anilines is 1. The standard InChI is InChI=1S/C15H13FN2O/c1-11-10-12(16)5-7-14(11)18-15(19)8-6-13-4-2-3-9-17-13/h2-10H,1H3,(H,18,19)/b8-6+. The van der Waals surface area contributed by atoms with Crippen LogP contribution in [0.1, 0.15) is 11.3 Å². The summed E-state index contributed by atoms with van der Waals surface area (Å²) in [6, 6.07) is 9.67. The molecular formula is C15H13FN2O. The maximum Gasteiger partial charge on any atom is 0.248 e. The van der Waals surface area contributed by atoms with Crippen molar-refractivity contribution < 1.29 is 9.18 Å². The van der Waals surface area contributed by atoms with Crippen LogP contribution in [0.15, 0.2) is 48.7 Å². The number of aromatic nitrogens is 1. The number of hydrogen-bond donors (Lipinski definition) is 1. The molecule has 0 atom stereocenters. The number of nitrogens with zero attached hydrogens (tertiary/aromatic N) is 1. The van der Waals surface area contributed by atoms with E-state index in [1.165, 1.54) is 24.3 Å². The minimum Gasteiger partial charge on any atom is -0.322 e. The van der Waals surface area contributed by atoms with Crippen LogP contribution in [0, 0.1) is 12.7 Å². The predicted octanol–water partition coefficient (Wildman–Crippen LogP) is 3.18. The number of halogens is 1. The van der Waals surface area contributed by atoms with Gasteiger partial charge in [0.15, 0.2) is 0 Å². The van der Waals surface area contributed by atoms with Gasteiger partial charge in [0.1, 0.15) is 5.82 Å². The van der Waals surface area contributed by atoms with Gasteiger partial charge in [0.05, 0.1) is 5.69 Å². The van der Waals surface area contributed by atoms with Crippen molar-refractivity contribution in [3.63, 3.8) is 0 Å². The first-order valence-corrected chi connectivity index (χ1v) is 5.81. The van der Waals surface area contributed by atoms with Gasteiger partial charge in [-0.05, 0) is 48.9 Å². The molecule has 0 saturated heterocycles. The number of aryl methyl sites for hydroxylation is 1. The average molecular weight is 256 g/mol. The van der Waals surface area contributed by atoms with Crippen LogP contribution in [-0.4, -0.2) is 10.9 Å². The van der Waals surface area contributed by atoms with E-state index in [2.05, 4.69) is 10.3 Å². The number of benzene rings is 1. The molecule has 96 valence electrons. The molecule has 4 heteroatoms. The van der Waals surface area contributed by atoms with E-state index in [0.29, 0.717) is 16.9 Å². The average Bonchev–Trinajstić information content (AvgIpc) is 2.41. The lowest BCUT2D eigenvalue weighted by molar-refractivity contribution is -0.111. The Morgan fingerprint density at radius 2 is 2.16 bits per heavy atom. The van der Waals surface area contributed by atoms with Gasteiger partial charge in [0.25, 0.3) is 0 Å². The molecule has 3 nitrogen and oxygen atoms in total. The molecule has 0 saturated carbocycles. The van der Waals surface area contributed by atoms with E-state index in [4.69, 9.17) is 0 Å². The van der Waals surface area contributed by atoms with Gasteiger partial charge in [-0.15, -0.1) is 0 Å². The molecule has 0 fully saturated rings. The number of pyridine rings is 1. The van der Waals surface area contributed by atoms with Gasteiger partial charge < -0.3 is 5.32 Å². The third kappa shape index (κ3) is 3.74. The maximum absolute atomic E-state index is 12.9. The summed E-state index contributed by atoms with van der Waals surface area (Å²) < 4.78 is 12.9. The molecule has 1 aromatic carbocycles. The first-order chi connectivity index (χ1) is 9.15. The van der Waals surface area contributed by atoms with E-state index in [1.807, 2.05) is 6.07 Å². The highest BCUT2D eigenvalue weighted by atomic mass is 19.1. The lowest BCUT2D eigenvalue weighted by Gasteiger charge is -2.05. The van der Waals surface area contributed by atoms with Crippen LogP contribution in [0.2, 0.25) is 0 Å². The SMILES string of the molecule is Cc1cc(F)ccc1NC(=O)/C=C/c1ccccn1. The fraction of sp³-hybridized carbons (Fsp3) is 0.0667. The highest BCUT2D eigenvalue weighted by Crippen LogP contribution is 2.15. The molecule has 1 amide bonds. The minimum atomic E-state index is -0.320. The van der Waals surface area contributed by atoms with Crippen molar-refractivity contribution in [2.45, 2.75) is 6.92 Å². The summed E-state index contributed by atoms with van der Waals surface area (Å²) in [5.74, 6) is -0.597. The lowest BCUT2D eigenvalue weighted by atomic mass is 10.2. The smallest absolute Gasteiger partial charge is 0.248 e. The first kappa shape index (κ1) is 13.0. The Labute approximate surface area is 110 Å². The van der Waals surface area contributed by atoms with Crippen molar-refractivity contribution in [2.75, 3.05) is 5.32 Å². The van der Waals surface area contributed by atoms with Gasteiger partial charge >= 0.3 is 0 Å². The van der Waals surface area contributed by atoms with Crippen LogP contribution < -0.4 is 5.32 Å². The number of carbonyl (C=O) groups excluding carboxylic acids is 1. The molecule has 0 aliphatic rings. The molecule has 2 rings (SSSR count).